The first-order chi connectivity index (χ1) is 13.8. The summed E-state index contributed by atoms with van der Waals surface area (Å²) >= 11 is 6.39. The lowest BCUT2D eigenvalue weighted by Gasteiger charge is -2.34. The zero-order valence-electron chi connectivity index (χ0n) is 16.7. The van der Waals surface area contributed by atoms with Crippen molar-refractivity contribution >= 4 is 29.7 Å². The Hall–Kier alpha value is -2.80. The minimum absolute atomic E-state index is 0.0993. The van der Waals surface area contributed by atoms with Gasteiger partial charge in [0.25, 0.3) is 0 Å². The number of carbonyl (C=O) groups is 3. The first-order valence-electron chi connectivity index (χ1n) is 9.34. The van der Waals surface area contributed by atoms with Gasteiger partial charge in [-0.25, -0.2) is 14.4 Å². The second kappa shape index (κ2) is 8.29. The Kier molecular flexibility index (Phi) is 5.98. The van der Waals surface area contributed by atoms with Crippen LogP contribution in [0.5, 0.6) is 0 Å². The Labute approximate surface area is 173 Å². The van der Waals surface area contributed by atoms with Crippen molar-refractivity contribution in [3.63, 3.8) is 0 Å². The smallest absolute Gasteiger partial charge is 0.434 e. The van der Waals surface area contributed by atoms with Gasteiger partial charge in [-0.2, -0.15) is 0 Å². The molecular formula is C21H22ClNO6. The van der Waals surface area contributed by atoms with E-state index in [2.05, 4.69) is 0 Å². The molecule has 0 bridgehead atoms. The van der Waals surface area contributed by atoms with Crippen molar-refractivity contribution in [2.75, 3.05) is 13.2 Å². The van der Waals surface area contributed by atoms with Gasteiger partial charge in [0.1, 0.15) is 11.5 Å². The van der Waals surface area contributed by atoms with Crippen molar-refractivity contribution in [3.05, 3.63) is 57.6 Å². The van der Waals surface area contributed by atoms with E-state index >= 15 is 0 Å². The van der Waals surface area contributed by atoms with Gasteiger partial charge < -0.3 is 19.1 Å². The molecule has 3 rings (SSSR count). The molecule has 0 fully saturated rings. The normalized spacial score (nSPS) is 19.0. The van der Waals surface area contributed by atoms with E-state index in [1.165, 1.54) is 0 Å². The number of ether oxygens (including phenoxy) is 3. The molecule has 2 aliphatic rings. The highest BCUT2D eigenvalue weighted by Crippen LogP contribution is 2.47. The number of hydrogen-bond donors (Lipinski definition) is 0. The zero-order valence-corrected chi connectivity index (χ0v) is 17.4. The zero-order chi connectivity index (χ0) is 21.3. The van der Waals surface area contributed by atoms with E-state index in [1.54, 1.807) is 36.1 Å². The molecule has 0 saturated heterocycles. The molecule has 0 N–H and O–H groups in total. The van der Waals surface area contributed by atoms with Gasteiger partial charge in [0, 0.05) is 11.6 Å². The molecular weight excluding hydrogens is 398 g/mol. The van der Waals surface area contributed by atoms with E-state index in [9.17, 15) is 14.4 Å². The number of likely N-dealkylation sites (N-methyl/N-ethyl adjacent to an activating group) is 1. The number of esters is 2. The third-order valence-corrected chi connectivity index (χ3v) is 5.04. The van der Waals surface area contributed by atoms with E-state index in [0.717, 1.165) is 0 Å². The van der Waals surface area contributed by atoms with Crippen LogP contribution in [-0.2, 0) is 23.8 Å². The van der Waals surface area contributed by atoms with Crippen LogP contribution in [-0.4, -0.2) is 36.1 Å². The SMILES string of the molecule is CCN1C(C)=C(OC(=O)OCC(C)C)C(c2ccccc2Cl)C2=C1C(=O)OC2=O. The van der Waals surface area contributed by atoms with Crippen molar-refractivity contribution in [1.82, 2.24) is 4.90 Å². The Balaban J connectivity index is 2.12. The van der Waals surface area contributed by atoms with Crippen LogP contribution in [0.3, 0.4) is 0 Å². The van der Waals surface area contributed by atoms with E-state index in [4.69, 9.17) is 25.8 Å². The third-order valence-electron chi connectivity index (χ3n) is 4.70. The van der Waals surface area contributed by atoms with Crippen LogP contribution in [0.25, 0.3) is 0 Å². The van der Waals surface area contributed by atoms with E-state index < -0.39 is 24.0 Å². The average molecular weight is 420 g/mol. The van der Waals surface area contributed by atoms with Crippen LogP contribution in [0.2, 0.25) is 5.02 Å². The van der Waals surface area contributed by atoms with Crippen LogP contribution in [0.4, 0.5) is 4.79 Å². The number of cyclic esters (lactones) is 2. The molecule has 0 saturated carbocycles. The van der Waals surface area contributed by atoms with Crippen LogP contribution in [0.15, 0.2) is 47.0 Å². The summed E-state index contributed by atoms with van der Waals surface area (Å²) in [6.07, 6.45) is -0.886. The Morgan fingerprint density at radius 3 is 2.55 bits per heavy atom. The number of hydrogen-bond acceptors (Lipinski definition) is 7. The molecule has 7 nitrogen and oxygen atoms in total. The third kappa shape index (κ3) is 3.87. The first-order valence-corrected chi connectivity index (χ1v) is 9.72. The largest absolute Gasteiger partial charge is 0.513 e. The van der Waals surface area contributed by atoms with Crippen molar-refractivity contribution in [2.24, 2.45) is 5.92 Å². The summed E-state index contributed by atoms with van der Waals surface area (Å²) in [5.41, 5.74) is 1.27. The van der Waals surface area contributed by atoms with Crippen LogP contribution < -0.4 is 0 Å². The molecule has 1 atom stereocenters. The lowest BCUT2D eigenvalue weighted by molar-refractivity contribution is -0.151. The Morgan fingerprint density at radius 2 is 1.93 bits per heavy atom. The maximum Gasteiger partial charge on any atom is 0.513 e. The second-order valence-electron chi connectivity index (χ2n) is 7.14. The lowest BCUT2D eigenvalue weighted by atomic mass is 9.84. The van der Waals surface area contributed by atoms with E-state index in [1.807, 2.05) is 20.8 Å². The average Bonchev–Trinajstić information content (AvgIpc) is 2.96. The number of rotatable bonds is 5. The summed E-state index contributed by atoms with van der Waals surface area (Å²) in [6, 6.07) is 6.87. The summed E-state index contributed by atoms with van der Waals surface area (Å²) in [6.45, 7) is 7.89. The molecule has 2 heterocycles. The summed E-state index contributed by atoms with van der Waals surface area (Å²) in [7, 11) is 0. The van der Waals surface area contributed by atoms with Gasteiger partial charge in [-0.15, -0.1) is 0 Å². The molecule has 1 aromatic carbocycles. The molecule has 0 aliphatic carbocycles. The molecule has 0 radical (unpaired) electrons. The fourth-order valence-electron chi connectivity index (χ4n) is 3.43. The molecule has 0 spiro atoms. The number of halogens is 1. The minimum Gasteiger partial charge on any atom is -0.434 e. The molecule has 0 amide bonds. The van der Waals surface area contributed by atoms with Gasteiger partial charge in [0.2, 0.25) is 0 Å². The minimum atomic E-state index is -0.886. The summed E-state index contributed by atoms with van der Waals surface area (Å²) in [5, 5.41) is 0.367. The van der Waals surface area contributed by atoms with Crippen LogP contribution in [0, 0.1) is 5.92 Å². The second-order valence-corrected chi connectivity index (χ2v) is 7.55. The summed E-state index contributed by atoms with van der Waals surface area (Å²) in [5.74, 6) is -2.07. The van der Waals surface area contributed by atoms with Gasteiger partial charge in [0.05, 0.1) is 23.8 Å². The topological polar surface area (TPSA) is 82.1 Å². The number of carbonyl (C=O) groups excluding carboxylic acids is 3. The van der Waals surface area contributed by atoms with Gasteiger partial charge >= 0.3 is 18.1 Å². The summed E-state index contributed by atoms with van der Waals surface area (Å²) in [4.78, 5) is 38.9. The predicted octanol–water partition coefficient (Wildman–Crippen LogP) is 4.14. The molecule has 8 heteroatoms. The highest BCUT2D eigenvalue weighted by molar-refractivity contribution is 6.31. The highest BCUT2D eigenvalue weighted by atomic mass is 35.5. The van der Waals surface area contributed by atoms with Gasteiger partial charge in [-0.1, -0.05) is 43.6 Å². The maximum absolute atomic E-state index is 12.6. The van der Waals surface area contributed by atoms with E-state index in [-0.39, 0.29) is 29.6 Å². The quantitative estimate of drug-likeness (QED) is 0.524. The highest BCUT2D eigenvalue weighted by Gasteiger charge is 2.48. The van der Waals surface area contributed by atoms with Crippen molar-refractivity contribution in [1.29, 1.82) is 0 Å². The molecule has 1 unspecified atom stereocenters. The Bertz CT molecular complexity index is 933. The predicted molar refractivity (Wildman–Crippen MR) is 105 cm³/mol. The molecule has 154 valence electrons. The van der Waals surface area contributed by atoms with Crippen molar-refractivity contribution in [2.45, 2.75) is 33.6 Å². The Morgan fingerprint density at radius 1 is 1.24 bits per heavy atom. The van der Waals surface area contributed by atoms with Gasteiger partial charge in [-0.05, 0) is 31.4 Å². The van der Waals surface area contributed by atoms with E-state index in [0.29, 0.717) is 22.8 Å². The van der Waals surface area contributed by atoms with Crippen LogP contribution in [0.1, 0.15) is 39.2 Å². The standard InChI is InChI=1S/C21H22ClNO6/c1-5-23-12(4)18(28-21(26)27-10-11(2)3)15(13-8-6-7-9-14(13)22)16-17(23)20(25)29-19(16)24/h6-9,11,15H,5,10H2,1-4H3. The lowest BCUT2D eigenvalue weighted by Crippen LogP contribution is -2.33. The summed E-state index contributed by atoms with van der Waals surface area (Å²) < 4.78 is 15.6. The fraction of sp³-hybridized carbons (Fsp3) is 0.381. The van der Waals surface area contributed by atoms with Crippen molar-refractivity contribution < 1.29 is 28.6 Å². The van der Waals surface area contributed by atoms with Gasteiger partial charge in [0.15, 0.2) is 0 Å². The van der Waals surface area contributed by atoms with Crippen molar-refractivity contribution in [3.8, 4) is 0 Å². The molecule has 1 aromatic rings. The monoisotopic (exact) mass is 419 g/mol. The first kappa shape index (κ1) is 20.9. The molecule has 0 aromatic heterocycles. The fourth-order valence-corrected chi connectivity index (χ4v) is 3.68. The number of allylic oxidation sites excluding steroid dienone is 2. The van der Waals surface area contributed by atoms with Crippen LogP contribution >= 0.6 is 11.6 Å². The number of nitrogens with zero attached hydrogens (tertiary/aromatic N) is 1. The molecule has 29 heavy (non-hydrogen) atoms. The maximum atomic E-state index is 12.6. The molecule has 2 aliphatic heterocycles. The van der Waals surface area contributed by atoms with Gasteiger partial charge in [-0.3, -0.25) is 0 Å². The number of benzene rings is 1.